The number of likely N-dealkylation sites (tertiary alicyclic amines) is 1. The zero-order valence-corrected chi connectivity index (χ0v) is 14.2. The van der Waals surface area contributed by atoms with Gasteiger partial charge in [-0.3, -0.25) is 4.79 Å². The highest BCUT2D eigenvalue weighted by Gasteiger charge is 2.22. The lowest BCUT2D eigenvalue weighted by Gasteiger charge is -2.34. The van der Waals surface area contributed by atoms with E-state index in [1.807, 2.05) is 18.2 Å². The number of amides is 1. The SMILES string of the molecule is CC(C)N1CCC(NC(=O)c2ccc3c(c2)CCN3)CC1.Cl. The maximum absolute atomic E-state index is 12.4. The molecule has 2 aliphatic heterocycles. The van der Waals surface area contributed by atoms with Gasteiger partial charge in [-0.15, -0.1) is 12.4 Å². The Bertz CT molecular complexity index is 525. The fourth-order valence-corrected chi connectivity index (χ4v) is 3.28. The standard InChI is InChI=1S/C17H25N3O.ClH/c1-12(2)20-9-6-15(7-10-20)19-17(21)14-3-4-16-13(11-14)5-8-18-16;/h3-4,11-12,15,18H,5-10H2,1-2H3,(H,19,21);1H. The van der Waals surface area contributed by atoms with Crippen molar-refractivity contribution >= 4 is 24.0 Å². The molecule has 0 unspecified atom stereocenters. The van der Waals surface area contributed by atoms with Gasteiger partial charge < -0.3 is 15.5 Å². The smallest absolute Gasteiger partial charge is 0.251 e. The fraction of sp³-hybridized carbons (Fsp3) is 0.588. The van der Waals surface area contributed by atoms with Crippen molar-refractivity contribution in [2.24, 2.45) is 0 Å². The van der Waals surface area contributed by atoms with Crippen LogP contribution in [0.2, 0.25) is 0 Å². The van der Waals surface area contributed by atoms with E-state index in [4.69, 9.17) is 0 Å². The van der Waals surface area contributed by atoms with Crippen LogP contribution >= 0.6 is 12.4 Å². The molecule has 122 valence electrons. The molecule has 22 heavy (non-hydrogen) atoms. The van der Waals surface area contributed by atoms with Crippen molar-refractivity contribution in [2.75, 3.05) is 25.0 Å². The van der Waals surface area contributed by atoms with Gasteiger partial charge in [0.25, 0.3) is 5.91 Å². The topological polar surface area (TPSA) is 44.4 Å². The zero-order valence-electron chi connectivity index (χ0n) is 13.4. The molecule has 2 heterocycles. The lowest BCUT2D eigenvalue weighted by Crippen LogP contribution is -2.46. The van der Waals surface area contributed by atoms with Crippen molar-refractivity contribution in [3.05, 3.63) is 29.3 Å². The average molecular weight is 324 g/mol. The minimum atomic E-state index is 0. The van der Waals surface area contributed by atoms with Crippen LogP contribution in [0, 0.1) is 0 Å². The summed E-state index contributed by atoms with van der Waals surface area (Å²) < 4.78 is 0. The summed E-state index contributed by atoms with van der Waals surface area (Å²) in [5.41, 5.74) is 3.23. The molecule has 0 saturated carbocycles. The molecule has 1 aromatic rings. The Morgan fingerprint density at radius 3 is 2.73 bits per heavy atom. The minimum absolute atomic E-state index is 0. The normalized spacial score (nSPS) is 18.5. The van der Waals surface area contributed by atoms with Crippen LogP contribution in [0.4, 0.5) is 5.69 Å². The van der Waals surface area contributed by atoms with Crippen LogP contribution in [0.3, 0.4) is 0 Å². The highest BCUT2D eigenvalue weighted by atomic mass is 35.5. The summed E-state index contributed by atoms with van der Waals surface area (Å²) in [6.07, 6.45) is 3.12. The summed E-state index contributed by atoms with van der Waals surface area (Å²) in [5.74, 6) is 0.0766. The number of nitrogens with one attached hydrogen (secondary N) is 2. The highest BCUT2D eigenvalue weighted by Crippen LogP contribution is 2.23. The third-order valence-electron chi connectivity index (χ3n) is 4.67. The number of benzene rings is 1. The van der Waals surface area contributed by atoms with Crippen LogP contribution in [0.1, 0.15) is 42.6 Å². The molecule has 1 aromatic carbocycles. The summed E-state index contributed by atoms with van der Waals surface area (Å²) >= 11 is 0. The van der Waals surface area contributed by atoms with Crippen molar-refractivity contribution in [1.29, 1.82) is 0 Å². The van der Waals surface area contributed by atoms with E-state index in [0.717, 1.165) is 44.5 Å². The summed E-state index contributed by atoms with van der Waals surface area (Å²) in [6.45, 7) is 7.61. The van der Waals surface area contributed by atoms with E-state index >= 15 is 0 Å². The Morgan fingerprint density at radius 1 is 1.32 bits per heavy atom. The van der Waals surface area contributed by atoms with Gasteiger partial charge in [0, 0.05) is 43.0 Å². The number of rotatable bonds is 3. The molecule has 0 radical (unpaired) electrons. The quantitative estimate of drug-likeness (QED) is 0.899. The first kappa shape index (κ1) is 17.1. The van der Waals surface area contributed by atoms with Gasteiger partial charge in [-0.2, -0.15) is 0 Å². The van der Waals surface area contributed by atoms with Gasteiger partial charge in [0.05, 0.1) is 0 Å². The van der Waals surface area contributed by atoms with Crippen molar-refractivity contribution < 1.29 is 4.79 Å². The van der Waals surface area contributed by atoms with E-state index < -0.39 is 0 Å². The maximum Gasteiger partial charge on any atom is 0.251 e. The molecular weight excluding hydrogens is 298 g/mol. The Hall–Kier alpha value is -1.26. The molecule has 2 aliphatic rings. The van der Waals surface area contributed by atoms with Gasteiger partial charge in [0.2, 0.25) is 0 Å². The lowest BCUT2D eigenvalue weighted by atomic mass is 10.0. The Kier molecular flexibility index (Phi) is 5.70. The first-order chi connectivity index (χ1) is 10.1. The summed E-state index contributed by atoms with van der Waals surface area (Å²) in [5, 5.41) is 6.53. The third kappa shape index (κ3) is 3.73. The zero-order chi connectivity index (χ0) is 14.8. The molecule has 1 amide bonds. The molecule has 2 N–H and O–H groups in total. The number of hydrogen-bond acceptors (Lipinski definition) is 3. The van der Waals surface area contributed by atoms with Crippen LogP contribution in [-0.4, -0.2) is 42.5 Å². The van der Waals surface area contributed by atoms with Crippen molar-refractivity contribution in [2.45, 2.75) is 45.2 Å². The number of nitrogens with zero attached hydrogens (tertiary/aromatic N) is 1. The second-order valence-corrected chi connectivity index (χ2v) is 6.43. The third-order valence-corrected chi connectivity index (χ3v) is 4.67. The van der Waals surface area contributed by atoms with Crippen LogP contribution in [0.15, 0.2) is 18.2 Å². The van der Waals surface area contributed by atoms with Gasteiger partial charge in [-0.1, -0.05) is 0 Å². The van der Waals surface area contributed by atoms with Crippen molar-refractivity contribution in [1.82, 2.24) is 10.2 Å². The molecule has 1 fully saturated rings. The van der Waals surface area contributed by atoms with Gasteiger partial charge in [-0.05, 0) is 56.9 Å². The molecule has 0 bridgehead atoms. The number of piperidine rings is 1. The monoisotopic (exact) mass is 323 g/mol. The summed E-state index contributed by atoms with van der Waals surface area (Å²) in [4.78, 5) is 14.9. The van der Waals surface area contributed by atoms with Crippen molar-refractivity contribution in [3.8, 4) is 0 Å². The fourth-order valence-electron chi connectivity index (χ4n) is 3.28. The van der Waals surface area contributed by atoms with Crippen LogP contribution < -0.4 is 10.6 Å². The number of hydrogen-bond donors (Lipinski definition) is 2. The average Bonchev–Trinajstić information content (AvgIpc) is 2.95. The Morgan fingerprint density at radius 2 is 2.05 bits per heavy atom. The molecule has 0 aromatic heterocycles. The summed E-state index contributed by atoms with van der Waals surface area (Å²) in [6, 6.07) is 6.91. The number of carbonyl (C=O) groups is 1. The number of halogens is 1. The first-order valence-electron chi connectivity index (χ1n) is 8.05. The molecule has 1 saturated heterocycles. The van der Waals surface area contributed by atoms with E-state index in [1.54, 1.807) is 0 Å². The van der Waals surface area contributed by atoms with Crippen molar-refractivity contribution in [3.63, 3.8) is 0 Å². The highest BCUT2D eigenvalue weighted by molar-refractivity contribution is 5.95. The van der Waals surface area contributed by atoms with E-state index in [-0.39, 0.29) is 18.3 Å². The first-order valence-corrected chi connectivity index (χ1v) is 8.05. The summed E-state index contributed by atoms with van der Waals surface area (Å²) in [7, 11) is 0. The van der Waals surface area contributed by atoms with Gasteiger partial charge >= 0.3 is 0 Å². The number of anilines is 1. The van der Waals surface area contributed by atoms with Crippen LogP contribution in [0.25, 0.3) is 0 Å². The van der Waals surface area contributed by atoms with Gasteiger partial charge in [-0.25, -0.2) is 0 Å². The van der Waals surface area contributed by atoms with E-state index in [9.17, 15) is 4.79 Å². The molecular formula is C17H26ClN3O. The molecule has 3 rings (SSSR count). The minimum Gasteiger partial charge on any atom is -0.384 e. The lowest BCUT2D eigenvalue weighted by molar-refractivity contribution is 0.0900. The van der Waals surface area contributed by atoms with Gasteiger partial charge in [0.15, 0.2) is 0 Å². The predicted octanol–water partition coefficient (Wildman–Crippen LogP) is 2.68. The van der Waals surface area contributed by atoms with E-state index in [1.165, 1.54) is 11.3 Å². The molecule has 4 nitrogen and oxygen atoms in total. The van der Waals surface area contributed by atoms with E-state index in [2.05, 4.69) is 29.4 Å². The second kappa shape index (κ2) is 7.34. The predicted molar refractivity (Wildman–Crippen MR) is 93.1 cm³/mol. The molecule has 5 heteroatoms. The number of fused-ring (bicyclic) bond motifs is 1. The van der Waals surface area contributed by atoms with E-state index in [0.29, 0.717) is 12.1 Å². The van der Waals surface area contributed by atoms with Crippen LogP contribution in [0.5, 0.6) is 0 Å². The van der Waals surface area contributed by atoms with Crippen LogP contribution in [-0.2, 0) is 6.42 Å². The van der Waals surface area contributed by atoms with Gasteiger partial charge in [0.1, 0.15) is 0 Å². The largest absolute Gasteiger partial charge is 0.384 e. The second-order valence-electron chi connectivity index (χ2n) is 6.43. The molecule has 0 spiro atoms. The molecule has 0 atom stereocenters. The number of carbonyl (C=O) groups excluding carboxylic acids is 1. The maximum atomic E-state index is 12.4. The Balaban J connectivity index is 0.00000176. The Labute approximate surface area is 139 Å². The molecule has 0 aliphatic carbocycles.